The third-order valence-electron chi connectivity index (χ3n) is 5.74. The number of pyridine rings is 1. The Morgan fingerprint density at radius 1 is 1.20 bits per heavy atom. The van der Waals surface area contributed by atoms with Crippen LogP contribution in [0.5, 0.6) is 5.75 Å². The summed E-state index contributed by atoms with van der Waals surface area (Å²) in [5.74, 6) is 0.629. The molecule has 0 radical (unpaired) electrons. The van der Waals surface area contributed by atoms with E-state index in [0.717, 1.165) is 30.0 Å². The van der Waals surface area contributed by atoms with Gasteiger partial charge in [-0.2, -0.15) is 13.2 Å². The molecule has 1 fully saturated rings. The predicted octanol–water partition coefficient (Wildman–Crippen LogP) is 4.67. The number of ether oxygens (including phenoxy) is 2. The third kappa shape index (κ3) is 4.14. The lowest BCUT2D eigenvalue weighted by Crippen LogP contribution is -2.48. The van der Waals surface area contributed by atoms with Gasteiger partial charge in [0.2, 0.25) is 5.91 Å². The summed E-state index contributed by atoms with van der Waals surface area (Å²) in [4.78, 5) is 15.7. The first kappa shape index (κ1) is 20.7. The van der Waals surface area contributed by atoms with E-state index in [9.17, 15) is 18.0 Å². The van der Waals surface area contributed by atoms with Crippen LogP contribution in [0, 0.1) is 0 Å². The molecule has 3 heterocycles. The summed E-state index contributed by atoms with van der Waals surface area (Å²) >= 11 is 0. The Bertz CT molecular complexity index is 922. The van der Waals surface area contributed by atoms with Crippen LogP contribution in [-0.2, 0) is 15.7 Å². The van der Waals surface area contributed by atoms with Crippen LogP contribution in [0.4, 0.5) is 13.2 Å². The first-order valence-electron chi connectivity index (χ1n) is 10.0. The molecular formula is C22H23F3N2O3. The SMILES string of the molecule is CCC(=O)NC1CC2(CCOCC2)Oc2ccc(-c3ccc(C(F)(F)F)nc3)cc21. The minimum atomic E-state index is -4.48. The number of carbonyl (C=O) groups excluding carboxylic acids is 1. The van der Waals surface area contributed by atoms with E-state index in [-0.39, 0.29) is 17.6 Å². The van der Waals surface area contributed by atoms with E-state index in [1.165, 1.54) is 12.3 Å². The van der Waals surface area contributed by atoms with Crippen LogP contribution in [0.3, 0.4) is 0 Å². The Morgan fingerprint density at radius 3 is 2.57 bits per heavy atom. The molecule has 1 atom stereocenters. The first-order chi connectivity index (χ1) is 14.3. The molecule has 1 saturated heterocycles. The van der Waals surface area contributed by atoms with Gasteiger partial charge in [-0.05, 0) is 23.8 Å². The van der Waals surface area contributed by atoms with E-state index in [0.29, 0.717) is 37.4 Å². The van der Waals surface area contributed by atoms with E-state index in [2.05, 4.69) is 10.3 Å². The summed E-state index contributed by atoms with van der Waals surface area (Å²) in [6.07, 6.45) is -0.774. The fourth-order valence-corrected chi connectivity index (χ4v) is 4.06. The van der Waals surface area contributed by atoms with Crippen LogP contribution in [0.2, 0.25) is 0 Å². The molecule has 0 saturated carbocycles. The average Bonchev–Trinajstić information content (AvgIpc) is 2.73. The third-order valence-corrected chi connectivity index (χ3v) is 5.74. The van der Waals surface area contributed by atoms with Crippen molar-refractivity contribution < 1.29 is 27.4 Å². The van der Waals surface area contributed by atoms with Crippen LogP contribution in [-0.4, -0.2) is 29.7 Å². The summed E-state index contributed by atoms with van der Waals surface area (Å²) in [5, 5.41) is 3.08. The molecule has 160 valence electrons. The molecule has 5 nitrogen and oxygen atoms in total. The molecule has 2 aromatic rings. The number of hydrogen-bond acceptors (Lipinski definition) is 4. The smallest absolute Gasteiger partial charge is 0.433 e. The van der Waals surface area contributed by atoms with Gasteiger partial charge in [-0.25, -0.2) is 0 Å². The molecule has 8 heteroatoms. The molecule has 4 rings (SSSR count). The highest BCUT2D eigenvalue weighted by molar-refractivity contribution is 5.76. The molecule has 0 bridgehead atoms. The van der Waals surface area contributed by atoms with E-state index in [1.807, 2.05) is 12.1 Å². The van der Waals surface area contributed by atoms with Crippen LogP contribution in [0.15, 0.2) is 36.5 Å². The van der Waals surface area contributed by atoms with Gasteiger partial charge in [0.15, 0.2) is 0 Å². The van der Waals surface area contributed by atoms with Crippen LogP contribution >= 0.6 is 0 Å². The summed E-state index contributed by atoms with van der Waals surface area (Å²) < 4.78 is 50.2. The number of fused-ring (bicyclic) bond motifs is 1. The van der Waals surface area contributed by atoms with Crippen molar-refractivity contribution in [3.8, 4) is 16.9 Å². The van der Waals surface area contributed by atoms with Gasteiger partial charge in [-0.3, -0.25) is 9.78 Å². The molecule has 2 aliphatic heterocycles. The Balaban J connectivity index is 1.68. The maximum absolute atomic E-state index is 12.8. The molecule has 30 heavy (non-hydrogen) atoms. The first-order valence-corrected chi connectivity index (χ1v) is 10.0. The number of carbonyl (C=O) groups is 1. The number of nitrogens with zero attached hydrogens (tertiary/aromatic N) is 1. The summed E-state index contributed by atoms with van der Waals surface area (Å²) in [6, 6.07) is 7.64. The molecule has 1 spiro atoms. The van der Waals surface area contributed by atoms with Crippen molar-refractivity contribution in [3.05, 3.63) is 47.8 Å². The van der Waals surface area contributed by atoms with Crippen molar-refractivity contribution in [3.63, 3.8) is 0 Å². The van der Waals surface area contributed by atoms with Crippen molar-refractivity contribution in [2.75, 3.05) is 13.2 Å². The number of rotatable bonds is 3. The van der Waals surface area contributed by atoms with Crippen molar-refractivity contribution in [2.45, 2.75) is 50.4 Å². The Hall–Kier alpha value is -2.61. The van der Waals surface area contributed by atoms with Gasteiger partial charge in [0.25, 0.3) is 0 Å². The predicted molar refractivity (Wildman–Crippen MR) is 104 cm³/mol. The van der Waals surface area contributed by atoms with Crippen LogP contribution in [0.25, 0.3) is 11.1 Å². The fraction of sp³-hybridized carbons (Fsp3) is 0.455. The van der Waals surface area contributed by atoms with Gasteiger partial charge in [-0.15, -0.1) is 0 Å². The monoisotopic (exact) mass is 420 g/mol. The molecule has 2 aliphatic rings. The Labute approximate surface area is 172 Å². The van der Waals surface area contributed by atoms with Crippen molar-refractivity contribution in [1.82, 2.24) is 10.3 Å². The zero-order valence-corrected chi connectivity index (χ0v) is 16.6. The highest BCUT2D eigenvalue weighted by atomic mass is 19.4. The zero-order valence-electron chi connectivity index (χ0n) is 16.6. The van der Waals surface area contributed by atoms with Crippen LogP contribution in [0.1, 0.15) is 49.9 Å². The Morgan fingerprint density at radius 2 is 1.93 bits per heavy atom. The van der Waals surface area contributed by atoms with Gasteiger partial charge < -0.3 is 14.8 Å². The van der Waals surface area contributed by atoms with Crippen molar-refractivity contribution >= 4 is 5.91 Å². The van der Waals surface area contributed by atoms with Crippen molar-refractivity contribution in [1.29, 1.82) is 0 Å². The number of halogens is 3. The van der Waals surface area contributed by atoms with E-state index >= 15 is 0 Å². The van der Waals surface area contributed by atoms with E-state index in [1.54, 1.807) is 13.0 Å². The minimum absolute atomic E-state index is 0.0586. The van der Waals surface area contributed by atoms with E-state index < -0.39 is 11.9 Å². The standard InChI is InChI=1S/C22H23F3N2O3/c1-2-20(28)27-17-12-21(7-9-29-10-8-21)30-18-5-3-14(11-16(17)18)15-4-6-19(26-13-15)22(23,24)25/h3-6,11,13,17H,2,7-10,12H2,1H3,(H,27,28). The second-order valence-electron chi connectivity index (χ2n) is 7.76. The Kier molecular flexibility index (Phi) is 5.44. The molecule has 1 amide bonds. The zero-order chi connectivity index (χ0) is 21.4. The number of alkyl halides is 3. The van der Waals surface area contributed by atoms with Crippen LogP contribution < -0.4 is 10.1 Å². The largest absolute Gasteiger partial charge is 0.487 e. The number of hydrogen-bond donors (Lipinski definition) is 1. The van der Waals surface area contributed by atoms with Gasteiger partial charge in [0.05, 0.1) is 19.3 Å². The molecule has 1 aromatic heterocycles. The second-order valence-corrected chi connectivity index (χ2v) is 7.76. The molecule has 1 unspecified atom stereocenters. The highest BCUT2D eigenvalue weighted by Crippen LogP contribution is 2.45. The van der Waals surface area contributed by atoms with Crippen molar-refractivity contribution in [2.24, 2.45) is 0 Å². The van der Waals surface area contributed by atoms with Gasteiger partial charge in [0.1, 0.15) is 17.0 Å². The normalized spacial score (nSPS) is 20.3. The quantitative estimate of drug-likeness (QED) is 0.784. The topological polar surface area (TPSA) is 60.5 Å². The highest BCUT2D eigenvalue weighted by Gasteiger charge is 2.42. The molecular weight excluding hydrogens is 397 g/mol. The average molecular weight is 420 g/mol. The lowest BCUT2D eigenvalue weighted by atomic mass is 9.81. The van der Waals surface area contributed by atoms with Gasteiger partial charge in [0, 0.05) is 43.0 Å². The fourth-order valence-electron chi connectivity index (χ4n) is 4.06. The van der Waals surface area contributed by atoms with E-state index in [4.69, 9.17) is 9.47 Å². The lowest BCUT2D eigenvalue weighted by Gasteiger charge is -2.44. The minimum Gasteiger partial charge on any atom is -0.487 e. The lowest BCUT2D eigenvalue weighted by molar-refractivity contribution is -0.141. The number of nitrogens with one attached hydrogen (secondary N) is 1. The number of aromatic nitrogens is 1. The second kappa shape index (κ2) is 7.91. The number of amides is 1. The number of benzene rings is 1. The summed E-state index contributed by atoms with van der Waals surface area (Å²) in [5.41, 5.74) is 0.803. The maximum Gasteiger partial charge on any atom is 0.433 e. The maximum atomic E-state index is 12.8. The summed E-state index contributed by atoms with van der Waals surface area (Å²) in [7, 11) is 0. The summed E-state index contributed by atoms with van der Waals surface area (Å²) in [6.45, 7) is 3.02. The van der Waals surface area contributed by atoms with Gasteiger partial charge in [-0.1, -0.05) is 19.1 Å². The molecule has 0 aliphatic carbocycles. The molecule has 1 N–H and O–H groups in total. The molecule has 1 aromatic carbocycles. The van der Waals surface area contributed by atoms with Gasteiger partial charge >= 0.3 is 6.18 Å².